The molecule has 3 aromatic rings. The van der Waals surface area contributed by atoms with Gasteiger partial charge in [0, 0.05) is 19.5 Å². The molecule has 0 spiro atoms. The van der Waals surface area contributed by atoms with Gasteiger partial charge in [-0.2, -0.15) is 0 Å². The molecule has 2 aliphatic heterocycles. The lowest BCUT2D eigenvalue weighted by atomic mass is 9.96. The molecule has 11 nitrogen and oxygen atoms in total. The number of Topliss-reactive ketones (excluding diaryl/α,β-unsaturated/α-hetero) is 1. The zero-order valence-electron chi connectivity index (χ0n) is 20.7. The number of para-hydroxylation sites is 2. The summed E-state index contributed by atoms with van der Waals surface area (Å²) in [6.07, 6.45) is 4.20. The first-order chi connectivity index (χ1) is 18.2. The lowest BCUT2D eigenvalue weighted by Gasteiger charge is -2.31. The Kier molecular flexibility index (Phi) is 8.27. The zero-order valence-corrected chi connectivity index (χ0v) is 20.7. The number of rotatable bonds is 7. The van der Waals surface area contributed by atoms with Crippen molar-refractivity contribution < 1.29 is 34.2 Å². The van der Waals surface area contributed by atoms with Crippen LogP contribution in [0.25, 0.3) is 11.0 Å². The van der Waals surface area contributed by atoms with Crippen LogP contribution in [0.15, 0.2) is 54.9 Å². The van der Waals surface area contributed by atoms with Crippen molar-refractivity contribution in [2.45, 2.75) is 25.8 Å². The molecule has 5 rings (SSSR count). The molecule has 0 aliphatic carbocycles. The zero-order chi connectivity index (χ0) is 27.2. The lowest BCUT2D eigenvalue weighted by Crippen LogP contribution is -2.39. The first-order valence-corrected chi connectivity index (χ1v) is 12.3. The number of carbonyl (C=O) groups excluding carboxylic acids is 3. The Bertz CT molecular complexity index is 1330. The molecule has 11 heteroatoms. The van der Waals surface area contributed by atoms with E-state index in [4.69, 9.17) is 19.8 Å². The summed E-state index contributed by atoms with van der Waals surface area (Å²) in [6, 6.07) is 15.0. The number of ketones is 1. The third-order valence-electron chi connectivity index (χ3n) is 6.76. The second kappa shape index (κ2) is 11.8. The normalized spacial score (nSPS) is 15.7. The number of piperidine rings is 1. The molecule has 2 aromatic carbocycles. The topological polar surface area (TPSA) is 150 Å². The summed E-state index contributed by atoms with van der Waals surface area (Å²) in [5.41, 5.74) is 3.04. The van der Waals surface area contributed by atoms with Gasteiger partial charge in [0.15, 0.2) is 0 Å². The van der Waals surface area contributed by atoms with Crippen LogP contribution in [0.2, 0.25) is 0 Å². The molecule has 3 heterocycles. The number of hydrogen-bond donors (Lipinski definition) is 2. The molecular formula is C27H28N4O7. The number of imide groups is 1. The summed E-state index contributed by atoms with van der Waals surface area (Å²) in [4.78, 5) is 63.5. The Hall–Kier alpha value is -4.38. The minimum Gasteiger partial charge on any atom is -0.473 e. The van der Waals surface area contributed by atoms with Gasteiger partial charge in [-0.05, 0) is 56.1 Å². The summed E-state index contributed by atoms with van der Waals surface area (Å²) < 4.78 is 2.23. The number of aromatic nitrogens is 2. The molecule has 2 N–H and O–H groups in total. The van der Waals surface area contributed by atoms with E-state index in [1.54, 1.807) is 24.3 Å². The monoisotopic (exact) mass is 520 g/mol. The number of fused-ring (bicyclic) bond motifs is 2. The predicted molar refractivity (Wildman–Crippen MR) is 136 cm³/mol. The number of benzene rings is 2. The summed E-state index contributed by atoms with van der Waals surface area (Å²) in [6.45, 7) is 3.24. The van der Waals surface area contributed by atoms with Crippen LogP contribution in [0.5, 0.6) is 0 Å². The van der Waals surface area contributed by atoms with E-state index in [0.717, 1.165) is 38.0 Å². The Labute approximate surface area is 218 Å². The van der Waals surface area contributed by atoms with Crippen LogP contribution in [0.4, 0.5) is 0 Å². The minimum absolute atomic E-state index is 0.0700. The van der Waals surface area contributed by atoms with E-state index in [-0.39, 0.29) is 30.6 Å². The minimum atomic E-state index is -1.82. The van der Waals surface area contributed by atoms with Crippen LogP contribution in [-0.4, -0.2) is 85.3 Å². The molecule has 0 bridgehead atoms. The van der Waals surface area contributed by atoms with Gasteiger partial charge in [0.25, 0.3) is 11.8 Å². The number of carboxylic acid groups (broad SMARTS) is 2. The molecule has 2 amide bonds. The Balaban J connectivity index is 0.000000505. The van der Waals surface area contributed by atoms with Gasteiger partial charge < -0.3 is 14.8 Å². The lowest BCUT2D eigenvalue weighted by molar-refractivity contribution is -0.159. The number of amides is 2. The maximum Gasteiger partial charge on any atom is 0.414 e. The number of nitrogens with zero attached hydrogens (tertiary/aromatic N) is 4. The van der Waals surface area contributed by atoms with Gasteiger partial charge in [-0.3, -0.25) is 24.2 Å². The van der Waals surface area contributed by atoms with Crippen molar-refractivity contribution in [2.24, 2.45) is 5.92 Å². The molecular weight excluding hydrogens is 492 g/mol. The van der Waals surface area contributed by atoms with Crippen LogP contribution in [0, 0.1) is 5.92 Å². The second-order valence-electron chi connectivity index (χ2n) is 9.31. The Morgan fingerprint density at radius 2 is 1.45 bits per heavy atom. The van der Waals surface area contributed by atoms with Gasteiger partial charge >= 0.3 is 11.9 Å². The smallest absolute Gasteiger partial charge is 0.414 e. The number of carbonyl (C=O) groups is 5. The van der Waals surface area contributed by atoms with Gasteiger partial charge in [0.1, 0.15) is 5.78 Å². The fraction of sp³-hybridized carbons (Fsp3) is 0.333. The van der Waals surface area contributed by atoms with Crippen molar-refractivity contribution in [3.05, 3.63) is 66.0 Å². The van der Waals surface area contributed by atoms with E-state index in [1.807, 2.05) is 24.5 Å². The van der Waals surface area contributed by atoms with Crippen LogP contribution < -0.4 is 0 Å². The van der Waals surface area contributed by atoms with E-state index in [1.165, 1.54) is 10.4 Å². The average Bonchev–Trinajstić information content (AvgIpc) is 3.42. The van der Waals surface area contributed by atoms with Crippen molar-refractivity contribution >= 4 is 40.6 Å². The van der Waals surface area contributed by atoms with Gasteiger partial charge in [-0.15, -0.1) is 0 Å². The molecule has 0 radical (unpaired) electrons. The van der Waals surface area contributed by atoms with Crippen molar-refractivity contribution in [1.82, 2.24) is 19.4 Å². The number of aliphatic carboxylic acids is 2. The van der Waals surface area contributed by atoms with Crippen molar-refractivity contribution in [2.75, 3.05) is 26.2 Å². The molecule has 198 valence electrons. The van der Waals surface area contributed by atoms with Crippen molar-refractivity contribution in [3.63, 3.8) is 0 Å². The first-order valence-electron chi connectivity index (χ1n) is 12.3. The van der Waals surface area contributed by atoms with Crippen LogP contribution in [0.3, 0.4) is 0 Å². The van der Waals surface area contributed by atoms with Crippen LogP contribution in [-0.2, 0) is 20.9 Å². The maximum atomic E-state index is 12.5. The number of hydrogen-bond acceptors (Lipinski definition) is 7. The second-order valence-corrected chi connectivity index (χ2v) is 9.31. The van der Waals surface area contributed by atoms with Gasteiger partial charge in [0.2, 0.25) is 0 Å². The molecule has 0 unspecified atom stereocenters. The third-order valence-corrected chi connectivity index (χ3v) is 6.76. The van der Waals surface area contributed by atoms with Gasteiger partial charge in [-0.25, -0.2) is 14.6 Å². The van der Waals surface area contributed by atoms with E-state index in [0.29, 0.717) is 23.6 Å². The van der Waals surface area contributed by atoms with Gasteiger partial charge in [0.05, 0.1) is 35.0 Å². The summed E-state index contributed by atoms with van der Waals surface area (Å²) in [5.74, 6) is -3.61. The maximum absolute atomic E-state index is 12.5. The highest BCUT2D eigenvalue weighted by Gasteiger charge is 2.35. The summed E-state index contributed by atoms with van der Waals surface area (Å²) >= 11 is 0. The molecule has 0 saturated carbocycles. The number of imidazole rings is 1. The number of carboxylic acids is 2. The quantitative estimate of drug-likeness (QED) is 0.353. The molecule has 0 atom stereocenters. The number of likely N-dealkylation sites (tertiary alicyclic amines) is 1. The van der Waals surface area contributed by atoms with E-state index < -0.39 is 11.9 Å². The summed E-state index contributed by atoms with van der Waals surface area (Å²) in [7, 11) is 0. The Morgan fingerprint density at radius 1 is 0.868 bits per heavy atom. The molecule has 38 heavy (non-hydrogen) atoms. The van der Waals surface area contributed by atoms with E-state index in [2.05, 4.69) is 20.5 Å². The fourth-order valence-corrected chi connectivity index (χ4v) is 4.77. The highest BCUT2D eigenvalue weighted by Crippen LogP contribution is 2.24. The van der Waals surface area contributed by atoms with E-state index in [9.17, 15) is 14.4 Å². The van der Waals surface area contributed by atoms with Crippen LogP contribution >= 0.6 is 0 Å². The first kappa shape index (κ1) is 26.7. The fourth-order valence-electron chi connectivity index (χ4n) is 4.77. The predicted octanol–water partition coefficient (Wildman–Crippen LogP) is 2.16. The SMILES string of the molecule is O=C(CCN1C(=O)c2ccccc2C1=O)CN1CCC(Cn2cnc3ccccc32)CC1.O=C(O)C(=O)O. The van der Waals surface area contributed by atoms with Crippen molar-refractivity contribution in [3.8, 4) is 0 Å². The third kappa shape index (κ3) is 6.12. The molecule has 1 saturated heterocycles. The average molecular weight is 521 g/mol. The summed E-state index contributed by atoms with van der Waals surface area (Å²) in [5, 5.41) is 14.8. The standard InChI is InChI=1S/C25H26N4O3.C2H2O4/c30-19(11-14-29-24(31)20-5-1-2-6-21(20)25(29)32)16-27-12-9-18(10-13-27)15-28-17-26-22-7-3-4-8-23(22)28;3-1(4)2(5)6/h1-8,17-18H,9-16H2;(H,3,4)(H,5,6). The highest BCUT2D eigenvalue weighted by atomic mass is 16.4. The molecule has 2 aliphatic rings. The Morgan fingerprint density at radius 3 is 2.05 bits per heavy atom. The van der Waals surface area contributed by atoms with Crippen LogP contribution in [0.1, 0.15) is 40.0 Å². The highest BCUT2D eigenvalue weighted by molar-refractivity contribution is 6.27. The largest absolute Gasteiger partial charge is 0.473 e. The van der Waals surface area contributed by atoms with Crippen molar-refractivity contribution in [1.29, 1.82) is 0 Å². The molecule has 1 fully saturated rings. The van der Waals surface area contributed by atoms with E-state index >= 15 is 0 Å². The molecule has 1 aromatic heterocycles. The van der Waals surface area contributed by atoms with Gasteiger partial charge in [-0.1, -0.05) is 24.3 Å².